The molecule has 0 fully saturated rings. The lowest BCUT2D eigenvalue weighted by atomic mass is 10.2. The van der Waals surface area contributed by atoms with Crippen molar-refractivity contribution >= 4 is 45.9 Å². The van der Waals surface area contributed by atoms with E-state index in [9.17, 15) is 0 Å². The molecule has 0 amide bonds. The molecular formula is C22H24ClN7OS. The van der Waals surface area contributed by atoms with Crippen molar-refractivity contribution in [2.75, 3.05) is 35.2 Å². The van der Waals surface area contributed by atoms with Crippen molar-refractivity contribution in [3.63, 3.8) is 0 Å². The van der Waals surface area contributed by atoms with Gasteiger partial charge in [0.05, 0.1) is 12.0 Å². The fourth-order valence-electron chi connectivity index (χ4n) is 3.08. The Morgan fingerprint density at radius 3 is 2.50 bits per heavy atom. The van der Waals surface area contributed by atoms with E-state index in [1.165, 1.54) is 11.3 Å². The van der Waals surface area contributed by atoms with Gasteiger partial charge < -0.3 is 14.6 Å². The van der Waals surface area contributed by atoms with Crippen LogP contribution < -0.4 is 15.5 Å². The molecule has 4 rings (SSSR count). The number of rotatable bonds is 10. The molecule has 0 saturated carbocycles. The molecule has 166 valence electrons. The molecule has 0 aliphatic carbocycles. The largest absolute Gasteiger partial charge is 0.469 e. The molecule has 4 aromatic rings. The summed E-state index contributed by atoms with van der Waals surface area (Å²) in [4.78, 5) is 20.5. The number of benzene rings is 1. The van der Waals surface area contributed by atoms with Gasteiger partial charge in [-0.1, -0.05) is 23.7 Å². The van der Waals surface area contributed by atoms with Gasteiger partial charge in [0, 0.05) is 42.0 Å². The van der Waals surface area contributed by atoms with Gasteiger partial charge in [0.25, 0.3) is 0 Å². The van der Waals surface area contributed by atoms with E-state index in [4.69, 9.17) is 16.0 Å². The van der Waals surface area contributed by atoms with Gasteiger partial charge in [-0.2, -0.15) is 15.0 Å². The van der Waals surface area contributed by atoms with E-state index in [2.05, 4.69) is 49.3 Å². The van der Waals surface area contributed by atoms with Crippen LogP contribution in [0, 0.1) is 0 Å². The van der Waals surface area contributed by atoms with Gasteiger partial charge in [-0.25, -0.2) is 4.98 Å². The third-order valence-electron chi connectivity index (χ3n) is 4.77. The molecule has 3 heterocycles. The number of furan rings is 1. The number of hydrogen-bond acceptors (Lipinski definition) is 9. The normalized spacial score (nSPS) is 10.8. The Morgan fingerprint density at radius 1 is 1.00 bits per heavy atom. The number of nitrogens with zero attached hydrogens (tertiary/aromatic N) is 5. The summed E-state index contributed by atoms with van der Waals surface area (Å²) in [6.45, 7) is 6.38. The van der Waals surface area contributed by atoms with Gasteiger partial charge in [0.15, 0.2) is 5.13 Å². The molecule has 32 heavy (non-hydrogen) atoms. The smallest absolute Gasteiger partial charge is 0.235 e. The summed E-state index contributed by atoms with van der Waals surface area (Å²) >= 11 is 7.48. The second-order valence-corrected chi connectivity index (χ2v) is 8.18. The van der Waals surface area contributed by atoms with Crippen molar-refractivity contribution in [3.8, 4) is 11.3 Å². The van der Waals surface area contributed by atoms with Crippen LogP contribution in [0.4, 0.5) is 23.0 Å². The van der Waals surface area contributed by atoms with Crippen LogP contribution in [0.15, 0.2) is 52.5 Å². The van der Waals surface area contributed by atoms with Crippen LogP contribution in [-0.2, 0) is 6.42 Å². The minimum Gasteiger partial charge on any atom is -0.469 e. The number of nitrogens with one attached hydrogen (secondary N) is 2. The molecule has 0 saturated heterocycles. The highest BCUT2D eigenvalue weighted by Crippen LogP contribution is 2.27. The summed E-state index contributed by atoms with van der Waals surface area (Å²) in [5.41, 5.74) is 1.86. The van der Waals surface area contributed by atoms with Gasteiger partial charge >= 0.3 is 0 Å². The van der Waals surface area contributed by atoms with Crippen molar-refractivity contribution < 1.29 is 4.42 Å². The standard InChI is InChI=1S/C22H24ClN7OS/c1-3-30(4-2)21-27-19(24-12-11-17-6-5-13-31-17)26-20(28-21)29-22-25-18(14-32-22)15-7-9-16(23)10-8-15/h5-10,13-14H,3-4,11-12H2,1-2H3,(H2,24,25,26,27,28,29). The predicted molar refractivity (Wildman–Crippen MR) is 130 cm³/mol. The number of halogens is 1. The van der Waals surface area contributed by atoms with Crippen LogP contribution in [0.2, 0.25) is 5.02 Å². The molecule has 0 spiro atoms. The number of aromatic nitrogens is 4. The zero-order valence-electron chi connectivity index (χ0n) is 17.9. The summed E-state index contributed by atoms with van der Waals surface area (Å²) in [6, 6.07) is 11.4. The first-order chi connectivity index (χ1) is 15.6. The summed E-state index contributed by atoms with van der Waals surface area (Å²) in [5.74, 6) is 2.47. The van der Waals surface area contributed by atoms with Crippen LogP contribution in [0.3, 0.4) is 0 Å². The molecule has 0 aliphatic heterocycles. The van der Waals surface area contributed by atoms with Crippen molar-refractivity contribution in [2.45, 2.75) is 20.3 Å². The van der Waals surface area contributed by atoms with Gasteiger partial charge in [0.1, 0.15) is 5.76 Å². The Morgan fingerprint density at radius 2 is 1.78 bits per heavy atom. The molecule has 0 unspecified atom stereocenters. The highest BCUT2D eigenvalue weighted by Gasteiger charge is 2.13. The predicted octanol–water partition coefficient (Wildman–Crippen LogP) is 5.49. The van der Waals surface area contributed by atoms with Crippen molar-refractivity contribution in [2.24, 2.45) is 0 Å². The second kappa shape index (κ2) is 10.4. The fraction of sp³-hybridized carbons (Fsp3) is 0.273. The highest BCUT2D eigenvalue weighted by molar-refractivity contribution is 7.14. The summed E-state index contributed by atoms with van der Waals surface area (Å²) < 4.78 is 5.39. The zero-order chi connectivity index (χ0) is 22.3. The lowest BCUT2D eigenvalue weighted by molar-refractivity contribution is 0.512. The van der Waals surface area contributed by atoms with E-state index in [-0.39, 0.29) is 0 Å². The molecule has 1 aromatic carbocycles. The quantitative estimate of drug-likeness (QED) is 0.315. The average molecular weight is 470 g/mol. The van der Waals surface area contributed by atoms with E-state index >= 15 is 0 Å². The van der Waals surface area contributed by atoms with E-state index in [0.717, 1.165) is 36.5 Å². The van der Waals surface area contributed by atoms with Crippen molar-refractivity contribution in [1.82, 2.24) is 19.9 Å². The fourth-order valence-corrected chi connectivity index (χ4v) is 3.92. The Balaban J connectivity index is 1.52. The van der Waals surface area contributed by atoms with E-state index in [1.54, 1.807) is 6.26 Å². The van der Waals surface area contributed by atoms with E-state index < -0.39 is 0 Å². The van der Waals surface area contributed by atoms with Crippen LogP contribution >= 0.6 is 22.9 Å². The van der Waals surface area contributed by atoms with E-state index in [1.807, 2.05) is 41.8 Å². The zero-order valence-corrected chi connectivity index (χ0v) is 19.5. The highest BCUT2D eigenvalue weighted by atomic mass is 35.5. The third kappa shape index (κ3) is 5.54. The number of thiazole rings is 1. The van der Waals surface area contributed by atoms with Crippen LogP contribution in [0.1, 0.15) is 19.6 Å². The van der Waals surface area contributed by atoms with Crippen LogP contribution in [-0.4, -0.2) is 39.6 Å². The van der Waals surface area contributed by atoms with Gasteiger partial charge in [-0.15, -0.1) is 11.3 Å². The van der Waals surface area contributed by atoms with Crippen molar-refractivity contribution in [3.05, 3.63) is 58.8 Å². The van der Waals surface area contributed by atoms with E-state index in [0.29, 0.717) is 34.5 Å². The summed E-state index contributed by atoms with van der Waals surface area (Å²) in [7, 11) is 0. The second-order valence-electron chi connectivity index (χ2n) is 6.88. The maximum Gasteiger partial charge on any atom is 0.235 e. The molecule has 0 radical (unpaired) electrons. The Hall–Kier alpha value is -3.17. The maximum absolute atomic E-state index is 5.99. The topological polar surface area (TPSA) is 92.0 Å². The molecule has 0 atom stereocenters. The minimum absolute atomic E-state index is 0.444. The molecule has 10 heteroatoms. The Labute approximate surface area is 195 Å². The molecule has 8 nitrogen and oxygen atoms in total. The lowest BCUT2D eigenvalue weighted by Crippen LogP contribution is -2.25. The molecule has 2 N–H and O–H groups in total. The van der Waals surface area contributed by atoms with Crippen LogP contribution in [0.5, 0.6) is 0 Å². The average Bonchev–Trinajstić information content (AvgIpc) is 3.48. The SMILES string of the molecule is CCN(CC)c1nc(NCCc2ccco2)nc(Nc2nc(-c3ccc(Cl)cc3)cs2)n1. The lowest BCUT2D eigenvalue weighted by Gasteiger charge is -2.19. The first-order valence-corrected chi connectivity index (χ1v) is 11.7. The van der Waals surface area contributed by atoms with Crippen molar-refractivity contribution in [1.29, 1.82) is 0 Å². The van der Waals surface area contributed by atoms with Gasteiger partial charge in [-0.05, 0) is 38.1 Å². The molecular weight excluding hydrogens is 446 g/mol. The van der Waals surface area contributed by atoms with Gasteiger partial charge in [-0.3, -0.25) is 5.32 Å². The monoisotopic (exact) mass is 469 g/mol. The number of hydrogen-bond donors (Lipinski definition) is 2. The third-order valence-corrected chi connectivity index (χ3v) is 5.78. The Bertz CT molecular complexity index is 1130. The minimum atomic E-state index is 0.444. The summed E-state index contributed by atoms with van der Waals surface area (Å²) in [5, 5.41) is 9.88. The van der Waals surface area contributed by atoms with Crippen LogP contribution in [0.25, 0.3) is 11.3 Å². The Kier molecular flexibility index (Phi) is 7.18. The molecule has 0 aliphatic rings. The first kappa shape index (κ1) is 22.0. The summed E-state index contributed by atoms with van der Waals surface area (Å²) in [6.07, 6.45) is 2.41. The number of anilines is 4. The molecule has 3 aromatic heterocycles. The molecule has 0 bridgehead atoms. The maximum atomic E-state index is 5.99. The van der Waals surface area contributed by atoms with Gasteiger partial charge in [0.2, 0.25) is 17.8 Å². The first-order valence-electron chi connectivity index (χ1n) is 10.4.